The molecule has 3 atom stereocenters. The minimum absolute atomic E-state index is 0.102. The predicted molar refractivity (Wildman–Crippen MR) is 157 cm³/mol. The van der Waals surface area contributed by atoms with E-state index in [1.165, 1.54) is 24.9 Å². The fraction of sp³-hybridized carbons (Fsp3) is 0.364. The van der Waals surface area contributed by atoms with Crippen molar-refractivity contribution in [2.24, 2.45) is 0 Å². The van der Waals surface area contributed by atoms with Crippen LogP contribution in [0.1, 0.15) is 62.1 Å². The van der Waals surface area contributed by atoms with Gasteiger partial charge < -0.3 is 25.0 Å². The molecule has 3 aromatic carbocycles. The molecule has 2 N–H and O–H groups in total. The third-order valence-electron chi connectivity index (χ3n) is 8.56. The number of para-hydroxylation sites is 2. The van der Waals surface area contributed by atoms with Crippen molar-refractivity contribution in [1.29, 1.82) is 0 Å². The molecule has 0 amide bonds. The minimum atomic E-state index is -0.316. The van der Waals surface area contributed by atoms with Gasteiger partial charge in [0.1, 0.15) is 11.5 Å². The topological polar surface area (TPSA) is 62.8 Å². The Hall–Kier alpha value is -3.93. The number of hydrogen-bond donors (Lipinski definition) is 2. The maximum atomic E-state index is 14.0. The fourth-order valence-electron chi connectivity index (χ4n) is 6.44. The first-order valence-corrected chi connectivity index (χ1v) is 14.0. The van der Waals surface area contributed by atoms with E-state index in [1.54, 1.807) is 14.2 Å². The first-order chi connectivity index (χ1) is 19.1. The Bertz CT molecular complexity index is 1400. The number of anilines is 3. The number of nitrogens with one attached hydrogen (secondary N) is 2. The highest BCUT2D eigenvalue weighted by Gasteiger charge is 2.37. The van der Waals surface area contributed by atoms with Crippen molar-refractivity contribution in [2.75, 3.05) is 36.3 Å². The molecule has 6 rings (SSSR count). The van der Waals surface area contributed by atoms with Crippen LogP contribution in [-0.2, 0) is 4.79 Å². The standard InChI is InChI=1S/C33H37N3O3/c1-21-8-6-7-17-36(21)24-13-16-26(31(20-24)39-3)33-32-29(34-27-9-4-5-10-28(27)35-33)18-23(19-30(32)37)22-11-14-25(38-2)15-12-22/h4-5,9-16,20-21,23,33-35H,6-8,17-19H2,1-3H3. The number of ketones is 1. The van der Waals surface area contributed by atoms with Crippen LogP contribution in [-0.4, -0.2) is 32.6 Å². The number of allylic oxidation sites excluding steroid dienone is 1. The van der Waals surface area contributed by atoms with Gasteiger partial charge >= 0.3 is 0 Å². The molecular formula is C33H37N3O3. The Morgan fingerprint density at radius 1 is 0.897 bits per heavy atom. The van der Waals surface area contributed by atoms with Crippen molar-refractivity contribution in [3.8, 4) is 11.5 Å². The highest BCUT2D eigenvalue weighted by Crippen LogP contribution is 2.46. The average Bonchev–Trinajstić information content (AvgIpc) is 3.14. The van der Waals surface area contributed by atoms with Crippen molar-refractivity contribution in [1.82, 2.24) is 0 Å². The Balaban J connectivity index is 1.41. The van der Waals surface area contributed by atoms with Gasteiger partial charge in [0, 0.05) is 47.6 Å². The van der Waals surface area contributed by atoms with Crippen molar-refractivity contribution in [2.45, 2.75) is 57.0 Å². The summed E-state index contributed by atoms with van der Waals surface area (Å²) >= 11 is 0. The second kappa shape index (κ2) is 10.7. The van der Waals surface area contributed by atoms with Gasteiger partial charge in [-0.1, -0.05) is 30.3 Å². The zero-order valence-corrected chi connectivity index (χ0v) is 23.0. The predicted octanol–water partition coefficient (Wildman–Crippen LogP) is 7.06. The van der Waals surface area contributed by atoms with E-state index in [0.29, 0.717) is 12.5 Å². The maximum absolute atomic E-state index is 14.0. The van der Waals surface area contributed by atoms with E-state index >= 15 is 0 Å². The van der Waals surface area contributed by atoms with Gasteiger partial charge in [-0.25, -0.2) is 0 Å². The number of nitrogens with zero attached hydrogens (tertiary/aromatic N) is 1. The maximum Gasteiger partial charge on any atom is 0.163 e. The van der Waals surface area contributed by atoms with Crippen molar-refractivity contribution >= 4 is 22.8 Å². The van der Waals surface area contributed by atoms with Gasteiger partial charge in [-0.2, -0.15) is 0 Å². The molecule has 3 aromatic rings. The second-order valence-electron chi connectivity index (χ2n) is 10.9. The molecule has 1 fully saturated rings. The monoisotopic (exact) mass is 523 g/mol. The normalized spacial score (nSPS) is 22.7. The molecule has 0 bridgehead atoms. The molecular weight excluding hydrogens is 486 g/mol. The number of carbonyl (C=O) groups is 1. The summed E-state index contributed by atoms with van der Waals surface area (Å²) in [7, 11) is 3.40. The number of benzene rings is 3. The fourth-order valence-corrected chi connectivity index (χ4v) is 6.44. The van der Waals surface area contributed by atoms with E-state index < -0.39 is 0 Å². The number of ether oxygens (including phenoxy) is 2. The molecule has 39 heavy (non-hydrogen) atoms. The van der Waals surface area contributed by atoms with Crippen LogP contribution in [0.4, 0.5) is 17.1 Å². The summed E-state index contributed by atoms with van der Waals surface area (Å²) in [6.07, 6.45) is 4.92. The van der Waals surface area contributed by atoms with E-state index in [9.17, 15) is 4.79 Å². The molecule has 0 radical (unpaired) electrons. The van der Waals surface area contributed by atoms with Gasteiger partial charge in [0.25, 0.3) is 0 Å². The first kappa shape index (κ1) is 25.4. The van der Waals surface area contributed by atoms with Crippen LogP contribution in [0.2, 0.25) is 0 Å². The van der Waals surface area contributed by atoms with Crippen LogP contribution in [0.3, 0.4) is 0 Å². The summed E-state index contributed by atoms with van der Waals surface area (Å²) in [5.41, 5.74) is 7.04. The molecule has 0 aromatic heterocycles. The van der Waals surface area contributed by atoms with Gasteiger partial charge in [0.2, 0.25) is 0 Å². The molecule has 1 saturated heterocycles. The Morgan fingerprint density at radius 3 is 2.44 bits per heavy atom. The summed E-state index contributed by atoms with van der Waals surface area (Å²) in [6.45, 7) is 3.36. The lowest BCUT2D eigenvalue weighted by Gasteiger charge is -2.36. The number of methoxy groups -OCH3 is 2. The second-order valence-corrected chi connectivity index (χ2v) is 10.9. The van der Waals surface area contributed by atoms with Crippen LogP contribution < -0.4 is 25.0 Å². The quantitative estimate of drug-likeness (QED) is 0.373. The Labute approximate surface area is 231 Å². The molecule has 3 aliphatic rings. The van der Waals surface area contributed by atoms with Crippen LogP contribution in [0.25, 0.3) is 0 Å². The summed E-state index contributed by atoms with van der Waals surface area (Å²) in [5, 5.41) is 7.35. The SMILES string of the molecule is COc1ccc(C2CC(=O)C3=C(C2)Nc2ccccc2NC3c2ccc(N3CCCCC3C)cc2OC)cc1. The molecule has 3 unspecified atom stereocenters. The number of hydrogen-bond acceptors (Lipinski definition) is 6. The van der Waals surface area contributed by atoms with Crippen LogP contribution in [0.5, 0.6) is 11.5 Å². The van der Waals surface area contributed by atoms with E-state index in [0.717, 1.165) is 58.2 Å². The lowest BCUT2D eigenvalue weighted by atomic mass is 9.78. The van der Waals surface area contributed by atoms with Crippen LogP contribution in [0.15, 0.2) is 78.0 Å². The van der Waals surface area contributed by atoms with Gasteiger partial charge in [0.05, 0.1) is 31.6 Å². The molecule has 6 heteroatoms. The van der Waals surface area contributed by atoms with Gasteiger partial charge in [-0.3, -0.25) is 4.79 Å². The molecule has 0 spiro atoms. The third-order valence-corrected chi connectivity index (χ3v) is 8.56. The lowest BCUT2D eigenvalue weighted by Crippen LogP contribution is -2.37. The summed E-state index contributed by atoms with van der Waals surface area (Å²) < 4.78 is 11.3. The van der Waals surface area contributed by atoms with Crippen LogP contribution >= 0.6 is 0 Å². The number of fused-ring (bicyclic) bond motifs is 1. The molecule has 2 aliphatic heterocycles. The zero-order valence-electron chi connectivity index (χ0n) is 23.0. The Morgan fingerprint density at radius 2 is 1.69 bits per heavy atom. The summed E-state index contributed by atoms with van der Waals surface area (Å²) in [5.74, 6) is 1.89. The summed E-state index contributed by atoms with van der Waals surface area (Å²) in [4.78, 5) is 16.4. The van der Waals surface area contributed by atoms with E-state index in [2.05, 4.69) is 64.9 Å². The van der Waals surface area contributed by atoms with E-state index in [1.807, 2.05) is 24.3 Å². The molecule has 1 aliphatic carbocycles. The number of carbonyl (C=O) groups excluding carboxylic acids is 1. The number of rotatable bonds is 5. The summed E-state index contributed by atoms with van der Waals surface area (Å²) in [6, 6.07) is 22.9. The lowest BCUT2D eigenvalue weighted by molar-refractivity contribution is -0.116. The average molecular weight is 524 g/mol. The molecule has 6 nitrogen and oxygen atoms in total. The molecule has 0 saturated carbocycles. The van der Waals surface area contributed by atoms with E-state index in [-0.39, 0.29) is 17.7 Å². The van der Waals surface area contributed by atoms with Crippen molar-refractivity contribution < 1.29 is 14.3 Å². The minimum Gasteiger partial charge on any atom is -0.497 e. The highest BCUT2D eigenvalue weighted by molar-refractivity contribution is 6.01. The highest BCUT2D eigenvalue weighted by atomic mass is 16.5. The van der Waals surface area contributed by atoms with Gasteiger partial charge in [0.15, 0.2) is 5.78 Å². The number of piperidine rings is 1. The smallest absolute Gasteiger partial charge is 0.163 e. The van der Waals surface area contributed by atoms with E-state index in [4.69, 9.17) is 9.47 Å². The van der Waals surface area contributed by atoms with Crippen molar-refractivity contribution in [3.05, 3.63) is 89.1 Å². The van der Waals surface area contributed by atoms with Gasteiger partial charge in [-0.05, 0) is 74.4 Å². The number of Topliss-reactive ketones (excluding diaryl/α,β-unsaturated/α-hetero) is 1. The van der Waals surface area contributed by atoms with Crippen LogP contribution in [0, 0.1) is 0 Å². The molecule has 2 heterocycles. The first-order valence-electron chi connectivity index (χ1n) is 14.0. The van der Waals surface area contributed by atoms with Crippen molar-refractivity contribution in [3.63, 3.8) is 0 Å². The zero-order chi connectivity index (χ0) is 26.9. The Kier molecular flexibility index (Phi) is 6.94. The van der Waals surface area contributed by atoms with Gasteiger partial charge in [-0.15, -0.1) is 0 Å². The molecule has 202 valence electrons. The third kappa shape index (κ3) is 4.84. The largest absolute Gasteiger partial charge is 0.497 e.